The van der Waals surface area contributed by atoms with Gasteiger partial charge >= 0.3 is 0 Å². The molecule has 6 heteroatoms. The highest BCUT2D eigenvalue weighted by atomic mass is 16.6. The summed E-state index contributed by atoms with van der Waals surface area (Å²) in [5.41, 5.74) is 3.45. The summed E-state index contributed by atoms with van der Waals surface area (Å²) < 4.78 is 12.2. The molecule has 2 aromatic carbocycles. The third-order valence-corrected chi connectivity index (χ3v) is 5.99. The molecule has 2 aliphatic rings. The van der Waals surface area contributed by atoms with Crippen molar-refractivity contribution in [1.29, 1.82) is 0 Å². The topological polar surface area (TPSA) is 71.0 Å². The largest absolute Gasteiger partial charge is 0.487 e. The van der Waals surface area contributed by atoms with Crippen molar-refractivity contribution in [3.8, 4) is 5.75 Å². The molecular weight excluding hydrogens is 380 g/mol. The van der Waals surface area contributed by atoms with Crippen LogP contribution in [0.5, 0.6) is 5.75 Å². The summed E-state index contributed by atoms with van der Waals surface area (Å²) in [6, 6.07) is 16.3. The summed E-state index contributed by atoms with van der Waals surface area (Å²) >= 11 is 0. The Hall–Kier alpha value is -2.57. The molecule has 0 aliphatic carbocycles. The standard InChI is InChI=1S/C24H30N2O4/c1-26(2)17-8-9-21-19(12-17)20-13-18(29-22(15-27)24(20)30-21)14-23(28)25-11-10-16-6-4-3-5-7-16/h3-9,12,18,20,22,24,27H,10-11,13-15H2,1-2H3,(H,25,28)/t18-,20-,22+,24+/m0/s1. The number of fused-ring (bicyclic) bond motifs is 3. The number of nitrogens with one attached hydrogen (secondary N) is 1. The molecule has 1 amide bonds. The van der Waals surface area contributed by atoms with Crippen LogP contribution < -0.4 is 15.0 Å². The molecule has 2 aliphatic heterocycles. The maximum atomic E-state index is 12.5. The minimum absolute atomic E-state index is 0.0211. The minimum Gasteiger partial charge on any atom is -0.487 e. The Morgan fingerprint density at radius 2 is 2.00 bits per heavy atom. The Bertz CT molecular complexity index is 871. The predicted molar refractivity (Wildman–Crippen MR) is 116 cm³/mol. The van der Waals surface area contributed by atoms with Crippen molar-refractivity contribution in [3.63, 3.8) is 0 Å². The van der Waals surface area contributed by atoms with E-state index in [-0.39, 0.29) is 37.1 Å². The van der Waals surface area contributed by atoms with E-state index in [1.165, 1.54) is 5.56 Å². The van der Waals surface area contributed by atoms with Crippen LogP contribution in [0.1, 0.15) is 29.9 Å². The molecule has 4 atom stereocenters. The van der Waals surface area contributed by atoms with E-state index in [2.05, 4.69) is 28.4 Å². The number of amides is 1. The first-order valence-electron chi connectivity index (χ1n) is 10.6. The number of nitrogens with zero attached hydrogens (tertiary/aromatic N) is 1. The molecule has 6 nitrogen and oxygen atoms in total. The maximum absolute atomic E-state index is 12.5. The number of benzene rings is 2. The summed E-state index contributed by atoms with van der Waals surface area (Å²) in [5, 5.41) is 12.9. The molecule has 1 fully saturated rings. The van der Waals surface area contributed by atoms with Gasteiger partial charge in [-0.05, 0) is 36.6 Å². The lowest BCUT2D eigenvalue weighted by molar-refractivity contribution is -0.142. The van der Waals surface area contributed by atoms with Crippen molar-refractivity contribution < 1.29 is 19.4 Å². The number of anilines is 1. The lowest BCUT2D eigenvalue weighted by atomic mass is 9.84. The zero-order valence-corrected chi connectivity index (χ0v) is 17.6. The van der Waals surface area contributed by atoms with Gasteiger partial charge in [-0.2, -0.15) is 0 Å². The van der Waals surface area contributed by atoms with Crippen LogP contribution >= 0.6 is 0 Å². The summed E-state index contributed by atoms with van der Waals surface area (Å²) in [4.78, 5) is 14.5. The average molecular weight is 411 g/mol. The number of ether oxygens (including phenoxy) is 2. The highest BCUT2D eigenvalue weighted by Gasteiger charge is 2.46. The molecule has 30 heavy (non-hydrogen) atoms. The predicted octanol–water partition coefficient (Wildman–Crippen LogP) is 2.50. The highest BCUT2D eigenvalue weighted by Crippen LogP contribution is 2.47. The number of aliphatic hydroxyl groups is 1. The van der Waals surface area contributed by atoms with Crippen molar-refractivity contribution in [2.75, 3.05) is 32.1 Å². The number of aliphatic hydroxyl groups excluding tert-OH is 1. The number of hydrogen-bond acceptors (Lipinski definition) is 5. The van der Waals surface area contributed by atoms with E-state index in [1.54, 1.807) is 0 Å². The van der Waals surface area contributed by atoms with Crippen LogP contribution in [-0.4, -0.2) is 56.6 Å². The van der Waals surface area contributed by atoms with E-state index in [9.17, 15) is 9.90 Å². The number of carbonyl (C=O) groups is 1. The summed E-state index contributed by atoms with van der Waals surface area (Å²) in [6.45, 7) is 0.477. The number of hydrogen-bond donors (Lipinski definition) is 2. The monoisotopic (exact) mass is 410 g/mol. The molecule has 1 saturated heterocycles. The van der Waals surface area contributed by atoms with Crippen molar-refractivity contribution in [3.05, 3.63) is 59.7 Å². The molecule has 160 valence electrons. The molecule has 2 N–H and O–H groups in total. The van der Waals surface area contributed by atoms with Crippen LogP contribution in [0.15, 0.2) is 48.5 Å². The molecule has 0 unspecified atom stereocenters. The van der Waals surface area contributed by atoms with Crippen LogP contribution in [0, 0.1) is 0 Å². The zero-order chi connectivity index (χ0) is 21.1. The van der Waals surface area contributed by atoms with Gasteiger partial charge in [-0.25, -0.2) is 0 Å². The lowest BCUT2D eigenvalue weighted by Gasteiger charge is -2.37. The van der Waals surface area contributed by atoms with E-state index < -0.39 is 6.10 Å². The quantitative estimate of drug-likeness (QED) is 0.734. The maximum Gasteiger partial charge on any atom is 0.222 e. The van der Waals surface area contributed by atoms with Gasteiger partial charge in [0.25, 0.3) is 0 Å². The van der Waals surface area contributed by atoms with Crippen molar-refractivity contribution in [1.82, 2.24) is 5.32 Å². The van der Waals surface area contributed by atoms with Crippen LogP contribution in [0.25, 0.3) is 0 Å². The molecule has 0 spiro atoms. The van der Waals surface area contributed by atoms with Gasteiger partial charge in [-0.15, -0.1) is 0 Å². The second kappa shape index (κ2) is 9.06. The van der Waals surface area contributed by atoms with Crippen LogP contribution in [0.4, 0.5) is 5.69 Å². The Kier molecular flexibility index (Phi) is 6.25. The third-order valence-electron chi connectivity index (χ3n) is 5.99. The molecule has 0 saturated carbocycles. The van der Waals surface area contributed by atoms with Crippen molar-refractivity contribution >= 4 is 11.6 Å². The van der Waals surface area contributed by atoms with Crippen LogP contribution in [-0.2, 0) is 16.0 Å². The van der Waals surface area contributed by atoms with E-state index in [4.69, 9.17) is 9.47 Å². The Morgan fingerprint density at radius 1 is 1.20 bits per heavy atom. The van der Waals surface area contributed by atoms with Crippen LogP contribution in [0.2, 0.25) is 0 Å². The summed E-state index contributed by atoms with van der Waals surface area (Å²) in [7, 11) is 4.02. The van der Waals surface area contributed by atoms with Gasteiger partial charge in [0.05, 0.1) is 19.1 Å². The van der Waals surface area contributed by atoms with Gasteiger partial charge in [-0.3, -0.25) is 4.79 Å². The molecule has 0 radical (unpaired) electrons. The van der Waals surface area contributed by atoms with Gasteiger partial charge in [0.2, 0.25) is 5.91 Å². The molecule has 2 heterocycles. The second-order valence-corrected chi connectivity index (χ2v) is 8.31. The van der Waals surface area contributed by atoms with Gasteiger partial charge in [0.15, 0.2) is 0 Å². The first-order valence-corrected chi connectivity index (χ1v) is 10.6. The molecule has 2 aromatic rings. The zero-order valence-electron chi connectivity index (χ0n) is 17.6. The first kappa shape index (κ1) is 20.7. The van der Waals surface area contributed by atoms with Crippen molar-refractivity contribution in [2.24, 2.45) is 0 Å². The first-order chi connectivity index (χ1) is 14.5. The Balaban J connectivity index is 1.38. The van der Waals surface area contributed by atoms with E-state index in [0.717, 1.165) is 23.4 Å². The van der Waals surface area contributed by atoms with Gasteiger partial charge in [0, 0.05) is 37.8 Å². The van der Waals surface area contributed by atoms with Crippen LogP contribution in [0.3, 0.4) is 0 Å². The highest BCUT2D eigenvalue weighted by molar-refractivity contribution is 5.76. The van der Waals surface area contributed by atoms with Gasteiger partial charge in [-0.1, -0.05) is 30.3 Å². The molecule has 0 aromatic heterocycles. The Labute approximate surface area is 177 Å². The van der Waals surface area contributed by atoms with Gasteiger partial charge in [0.1, 0.15) is 18.0 Å². The minimum atomic E-state index is -0.430. The average Bonchev–Trinajstić information content (AvgIpc) is 3.11. The van der Waals surface area contributed by atoms with Gasteiger partial charge < -0.3 is 24.8 Å². The Morgan fingerprint density at radius 3 is 2.73 bits per heavy atom. The fourth-order valence-corrected chi connectivity index (χ4v) is 4.42. The molecule has 0 bridgehead atoms. The summed E-state index contributed by atoms with van der Waals surface area (Å²) in [6.07, 6.45) is 0.920. The normalized spacial score (nSPS) is 24.5. The van der Waals surface area contributed by atoms with Crippen molar-refractivity contribution in [2.45, 2.75) is 43.5 Å². The fraction of sp³-hybridized carbons (Fsp3) is 0.458. The smallest absolute Gasteiger partial charge is 0.222 e. The SMILES string of the molecule is CN(C)c1ccc2c(c1)[C@@H]1C[C@@H](CC(=O)NCCc3ccccc3)O[C@H](CO)[C@@H]1O2. The molecular formula is C24H30N2O4. The van der Waals surface area contributed by atoms with E-state index in [1.807, 2.05) is 44.4 Å². The number of carbonyl (C=O) groups excluding carboxylic acids is 1. The third kappa shape index (κ3) is 4.45. The lowest BCUT2D eigenvalue weighted by Crippen LogP contribution is -2.47. The van der Waals surface area contributed by atoms with E-state index in [0.29, 0.717) is 13.0 Å². The summed E-state index contributed by atoms with van der Waals surface area (Å²) in [5.74, 6) is 0.950. The second-order valence-electron chi connectivity index (χ2n) is 8.31. The molecule has 4 rings (SSSR count). The fourth-order valence-electron chi connectivity index (χ4n) is 4.42. The van der Waals surface area contributed by atoms with E-state index >= 15 is 0 Å². The number of rotatable bonds is 7.